The smallest absolute Gasteiger partial charge is 0.214 e. The SMILES string of the molecule is Clc1cccc(OCCC[NH+]2CCCCC2)n1.[Cl-]. The van der Waals surface area contributed by atoms with Crippen LogP contribution in [-0.4, -0.2) is 31.2 Å². The third-order valence-corrected chi connectivity index (χ3v) is 3.39. The molecule has 18 heavy (non-hydrogen) atoms. The van der Waals surface area contributed by atoms with Crippen LogP contribution in [0.1, 0.15) is 25.7 Å². The maximum Gasteiger partial charge on any atom is 0.214 e. The van der Waals surface area contributed by atoms with E-state index in [0.29, 0.717) is 11.0 Å². The molecule has 1 aromatic heterocycles. The molecule has 1 saturated heterocycles. The molecule has 102 valence electrons. The van der Waals surface area contributed by atoms with Crippen LogP contribution in [0.3, 0.4) is 0 Å². The van der Waals surface area contributed by atoms with Crippen LogP contribution < -0.4 is 22.0 Å². The van der Waals surface area contributed by atoms with Gasteiger partial charge in [-0.2, -0.15) is 0 Å². The molecule has 0 unspecified atom stereocenters. The Hall–Kier alpha value is -0.510. The molecule has 0 atom stereocenters. The van der Waals surface area contributed by atoms with E-state index in [4.69, 9.17) is 16.3 Å². The van der Waals surface area contributed by atoms with Gasteiger partial charge in [-0.3, -0.25) is 0 Å². The summed E-state index contributed by atoms with van der Waals surface area (Å²) in [6.45, 7) is 4.60. The molecular weight excluding hydrogens is 271 g/mol. The number of rotatable bonds is 5. The largest absolute Gasteiger partial charge is 1.00 e. The zero-order valence-electron chi connectivity index (χ0n) is 10.5. The van der Waals surface area contributed by atoms with E-state index in [9.17, 15) is 0 Å². The molecule has 2 heterocycles. The number of hydrogen-bond donors (Lipinski definition) is 1. The molecule has 1 aliphatic rings. The van der Waals surface area contributed by atoms with E-state index in [1.807, 2.05) is 12.1 Å². The fourth-order valence-electron chi connectivity index (χ4n) is 2.27. The Morgan fingerprint density at radius 2 is 2.00 bits per heavy atom. The topological polar surface area (TPSA) is 26.6 Å². The van der Waals surface area contributed by atoms with Gasteiger partial charge in [0.25, 0.3) is 0 Å². The molecule has 0 amide bonds. The Balaban J connectivity index is 0.00000162. The lowest BCUT2D eigenvalue weighted by Crippen LogP contribution is -3.12. The van der Waals surface area contributed by atoms with Crippen LogP contribution in [-0.2, 0) is 0 Å². The summed E-state index contributed by atoms with van der Waals surface area (Å²) >= 11 is 5.78. The second kappa shape index (κ2) is 8.57. The Bertz CT molecular complexity index is 344. The highest BCUT2D eigenvalue weighted by Gasteiger charge is 2.12. The molecule has 0 bridgehead atoms. The lowest BCUT2D eigenvalue weighted by Gasteiger charge is -2.23. The number of quaternary nitrogens is 1. The standard InChI is InChI=1S/C13H19ClN2O.ClH/c14-12-6-4-7-13(15-12)17-11-5-10-16-8-2-1-3-9-16;/h4,6-7H,1-3,5,8-11H2;1H. The number of halogens is 2. The Labute approximate surface area is 120 Å². The van der Waals surface area contributed by atoms with Gasteiger partial charge in [0, 0.05) is 12.5 Å². The van der Waals surface area contributed by atoms with Gasteiger partial charge in [-0.25, -0.2) is 4.98 Å². The first-order valence-corrected chi connectivity index (χ1v) is 6.81. The maximum atomic E-state index is 5.78. The number of likely N-dealkylation sites (tertiary alicyclic amines) is 1. The van der Waals surface area contributed by atoms with Crippen LogP contribution in [0.2, 0.25) is 5.15 Å². The van der Waals surface area contributed by atoms with E-state index in [1.54, 1.807) is 11.0 Å². The lowest BCUT2D eigenvalue weighted by atomic mass is 10.1. The van der Waals surface area contributed by atoms with Gasteiger partial charge in [-0.1, -0.05) is 17.7 Å². The summed E-state index contributed by atoms with van der Waals surface area (Å²) < 4.78 is 5.57. The number of ether oxygens (including phenoxy) is 1. The Morgan fingerprint density at radius 1 is 1.22 bits per heavy atom. The van der Waals surface area contributed by atoms with Crippen LogP contribution in [0.25, 0.3) is 0 Å². The summed E-state index contributed by atoms with van der Waals surface area (Å²) in [5.74, 6) is 0.631. The van der Waals surface area contributed by atoms with E-state index in [-0.39, 0.29) is 12.4 Å². The van der Waals surface area contributed by atoms with Gasteiger partial charge in [0.05, 0.1) is 26.2 Å². The van der Waals surface area contributed by atoms with Crippen molar-refractivity contribution in [2.75, 3.05) is 26.2 Å². The molecule has 1 fully saturated rings. The van der Waals surface area contributed by atoms with Crippen molar-refractivity contribution < 1.29 is 22.0 Å². The average molecular weight is 291 g/mol. The minimum absolute atomic E-state index is 0. The third-order valence-electron chi connectivity index (χ3n) is 3.17. The molecule has 1 aromatic rings. The molecule has 0 aromatic carbocycles. The second-order valence-electron chi connectivity index (χ2n) is 4.56. The maximum absolute atomic E-state index is 5.78. The van der Waals surface area contributed by atoms with Crippen LogP contribution in [0.15, 0.2) is 18.2 Å². The highest BCUT2D eigenvalue weighted by atomic mass is 35.5. The summed E-state index contributed by atoms with van der Waals surface area (Å²) in [4.78, 5) is 5.82. The summed E-state index contributed by atoms with van der Waals surface area (Å²) in [5.41, 5.74) is 0. The monoisotopic (exact) mass is 290 g/mol. The van der Waals surface area contributed by atoms with E-state index in [0.717, 1.165) is 13.0 Å². The zero-order chi connectivity index (χ0) is 11.9. The van der Waals surface area contributed by atoms with Crippen molar-refractivity contribution >= 4 is 11.6 Å². The van der Waals surface area contributed by atoms with Gasteiger partial charge < -0.3 is 22.0 Å². The molecule has 0 saturated carbocycles. The van der Waals surface area contributed by atoms with Gasteiger partial charge in [-0.05, 0) is 25.3 Å². The van der Waals surface area contributed by atoms with Gasteiger partial charge >= 0.3 is 0 Å². The lowest BCUT2D eigenvalue weighted by molar-refractivity contribution is -0.905. The Morgan fingerprint density at radius 3 is 2.72 bits per heavy atom. The molecule has 5 heteroatoms. The number of pyridine rings is 1. The zero-order valence-corrected chi connectivity index (χ0v) is 12.0. The Kier molecular flexibility index (Phi) is 7.40. The van der Waals surface area contributed by atoms with Crippen molar-refractivity contribution in [1.82, 2.24) is 4.98 Å². The number of aromatic nitrogens is 1. The average Bonchev–Trinajstić information content (AvgIpc) is 2.36. The van der Waals surface area contributed by atoms with Crippen LogP contribution in [0, 0.1) is 0 Å². The quantitative estimate of drug-likeness (QED) is 0.532. The normalized spacial score (nSPS) is 16.1. The summed E-state index contributed by atoms with van der Waals surface area (Å²) in [6, 6.07) is 5.46. The van der Waals surface area contributed by atoms with E-state index < -0.39 is 0 Å². The van der Waals surface area contributed by atoms with Crippen molar-refractivity contribution in [2.24, 2.45) is 0 Å². The summed E-state index contributed by atoms with van der Waals surface area (Å²) in [6.07, 6.45) is 5.26. The molecule has 1 N–H and O–H groups in total. The van der Waals surface area contributed by atoms with Crippen molar-refractivity contribution in [3.63, 3.8) is 0 Å². The molecule has 3 nitrogen and oxygen atoms in total. The first-order chi connectivity index (χ1) is 8.34. The molecular formula is C13H20Cl2N2O. The molecule has 2 rings (SSSR count). The third kappa shape index (κ3) is 5.42. The van der Waals surface area contributed by atoms with Gasteiger partial charge in [0.15, 0.2) is 0 Å². The highest BCUT2D eigenvalue weighted by Crippen LogP contribution is 2.11. The highest BCUT2D eigenvalue weighted by molar-refractivity contribution is 6.29. The molecule has 1 aliphatic heterocycles. The first-order valence-electron chi connectivity index (χ1n) is 6.43. The van der Waals surface area contributed by atoms with Gasteiger partial charge in [-0.15, -0.1) is 0 Å². The van der Waals surface area contributed by atoms with Crippen molar-refractivity contribution in [1.29, 1.82) is 0 Å². The van der Waals surface area contributed by atoms with E-state index in [2.05, 4.69) is 4.98 Å². The molecule has 0 spiro atoms. The summed E-state index contributed by atoms with van der Waals surface area (Å²) in [7, 11) is 0. The minimum Gasteiger partial charge on any atom is -1.00 e. The fourth-order valence-corrected chi connectivity index (χ4v) is 2.43. The first kappa shape index (κ1) is 15.5. The molecule has 0 aliphatic carbocycles. The minimum atomic E-state index is 0. The number of nitrogens with one attached hydrogen (secondary N) is 1. The van der Waals surface area contributed by atoms with Crippen molar-refractivity contribution in [2.45, 2.75) is 25.7 Å². The van der Waals surface area contributed by atoms with Crippen LogP contribution in [0.5, 0.6) is 5.88 Å². The van der Waals surface area contributed by atoms with Crippen LogP contribution >= 0.6 is 11.6 Å². The van der Waals surface area contributed by atoms with Gasteiger partial charge in [0.1, 0.15) is 5.15 Å². The summed E-state index contributed by atoms with van der Waals surface area (Å²) in [5, 5.41) is 0.490. The number of hydrogen-bond acceptors (Lipinski definition) is 2. The predicted octanol–water partition coefficient (Wildman–Crippen LogP) is -1.42. The van der Waals surface area contributed by atoms with E-state index in [1.165, 1.54) is 38.9 Å². The fraction of sp³-hybridized carbons (Fsp3) is 0.615. The molecule has 0 radical (unpaired) electrons. The van der Waals surface area contributed by atoms with E-state index >= 15 is 0 Å². The predicted molar refractivity (Wildman–Crippen MR) is 68.8 cm³/mol. The van der Waals surface area contributed by atoms with Crippen molar-refractivity contribution in [3.8, 4) is 5.88 Å². The number of piperidine rings is 1. The van der Waals surface area contributed by atoms with Gasteiger partial charge in [0.2, 0.25) is 5.88 Å². The van der Waals surface area contributed by atoms with Crippen molar-refractivity contribution in [3.05, 3.63) is 23.4 Å². The second-order valence-corrected chi connectivity index (χ2v) is 4.95. The van der Waals surface area contributed by atoms with Crippen LogP contribution in [0.4, 0.5) is 0 Å². The number of nitrogens with zero attached hydrogens (tertiary/aromatic N) is 1.